The molecule has 1 aliphatic heterocycles. The van der Waals surface area contributed by atoms with Crippen molar-refractivity contribution in [3.05, 3.63) is 35.4 Å². The van der Waals surface area contributed by atoms with Crippen LogP contribution in [0.4, 0.5) is 4.79 Å². The van der Waals surface area contributed by atoms with Gasteiger partial charge in [-0.25, -0.2) is 4.79 Å². The lowest BCUT2D eigenvalue weighted by Crippen LogP contribution is -2.60. The summed E-state index contributed by atoms with van der Waals surface area (Å²) in [7, 11) is 1.50. The minimum absolute atomic E-state index is 0.164. The SMILES string of the molecule is C[C@@H](C(=O)N[C@H](C(=O)N1Cc2ccccc2C[C@H]1CO)C(C)(C)C)N(C)C(=O)OC(C)(C)C. The maximum atomic E-state index is 13.7. The maximum absolute atomic E-state index is 13.7. The van der Waals surface area contributed by atoms with Gasteiger partial charge in [0.05, 0.1) is 12.6 Å². The van der Waals surface area contributed by atoms with E-state index in [0.29, 0.717) is 13.0 Å². The van der Waals surface area contributed by atoms with Crippen LogP contribution < -0.4 is 5.32 Å². The molecule has 33 heavy (non-hydrogen) atoms. The topological polar surface area (TPSA) is 99.2 Å². The van der Waals surface area contributed by atoms with E-state index in [2.05, 4.69) is 5.32 Å². The molecule has 0 fully saturated rings. The van der Waals surface area contributed by atoms with Crippen molar-refractivity contribution in [2.24, 2.45) is 5.41 Å². The molecule has 1 aromatic rings. The van der Waals surface area contributed by atoms with Crippen molar-refractivity contribution in [3.8, 4) is 0 Å². The number of nitrogens with zero attached hydrogens (tertiary/aromatic N) is 2. The first-order chi connectivity index (χ1) is 15.2. The van der Waals surface area contributed by atoms with E-state index in [4.69, 9.17) is 4.74 Å². The van der Waals surface area contributed by atoms with Crippen LogP contribution in [0.25, 0.3) is 0 Å². The lowest BCUT2D eigenvalue weighted by molar-refractivity contribution is -0.144. The van der Waals surface area contributed by atoms with E-state index in [1.807, 2.05) is 45.0 Å². The van der Waals surface area contributed by atoms with E-state index < -0.39 is 35.1 Å². The predicted molar refractivity (Wildman–Crippen MR) is 126 cm³/mol. The number of nitrogens with one attached hydrogen (secondary N) is 1. The number of hydrogen-bond donors (Lipinski definition) is 2. The fourth-order valence-corrected chi connectivity index (χ4v) is 3.75. The van der Waals surface area contributed by atoms with Crippen molar-refractivity contribution in [3.63, 3.8) is 0 Å². The molecule has 3 amide bonds. The Morgan fingerprint density at radius 3 is 2.24 bits per heavy atom. The van der Waals surface area contributed by atoms with Gasteiger partial charge in [-0.2, -0.15) is 0 Å². The van der Waals surface area contributed by atoms with Crippen LogP contribution in [0.5, 0.6) is 0 Å². The molecule has 0 saturated heterocycles. The number of carbonyl (C=O) groups excluding carboxylic acids is 3. The fraction of sp³-hybridized carbons (Fsp3) is 0.640. The van der Waals surface area contributed by atoms with E-state index in [-0.39, 0.29) is 18.6 Å². The molecule has 0 saturated carbocycles. The fourth-order valence-electron chi connectivity index (χ4n) is 3.75. The summed E-state index contributed by atoms with van der Waals surface area (Å²) in [5, 5.41) is 12.8. The molecule has 1 aromatic carbocycles. The highest BCUT2D eigenvalue weighted by atomic mass is 16.6. The molecular formula is C25H39N3O5. The highest BCUT2D eigenvalue weighted by Crippen LogP contribution is 2.28. The Labute approximate surface area is 197 Å². The van der Waals surface area contributed by atoms with Gasteiger partial charge in [-0.05, 0) is 50.7 Å². The van der Waals surface area contributed by atoms with Gasteiger partial charge in [0.15, 0.2) is 0 Å². The third-order valence-corrected chi connectivity index (χ3v) is 5.89. The summed E-state index contributed by atoms with van der Waals surface area (Å²) in [6.07, 6.45) is -0.0575. The molecule has 2 N–H and O–H groups in total. The largest absolute Gasteiger partial charge is 0.444 e. The molecule has 2 rings (SSSR count). The lowest BCUT2D eigenvalue weighted by Gasteiger charge is -2.41. The minimum Gasteiger partial charge on any atom is -0.444 e. The zero-order valence-corrected chi connectivity index (χ0v) is 21.1. The van der Waals surface area contributed by atoms with Gasteiger partial charge in [0.1, 0.15) is 17.7 Å². The summed E-state index contributed by atoms with van der Waals surface area (Å²) < 4.78 is 5.35. The first kappa shape index (κ1) is 26.6. The van der Waals surface area contributed by atoms with Crippen molar-refractivity contribution < 1.29 is 24.2 Å². The van der Waals surface area contributed by atoms with E-state index in [1.54, 1.807) is 32.6 Å². The highest BCUT2D eigenvalue weighted by molar-refractivity contribution is 5.91. The summed E-state index contributed by atoms with van der Waals surface area (Å²) in [4.78, 5) is 42.0. The molecule has 184 valence electrons. The molecule has 8 nitrogen and oxygen atoms in total. The van der Waals surface area contributed by atoms with Gasteiger partial charge in [0.2, 0.25) is 11.8 Å². The summed E-state index contributed by atoms with van der Waals surface area (Å²) in [5.74, 6) is -0.703. The van der Waals surface area contributed by atoms with Crippen LogP contribution in [-0.2, 0) is 27.3 Å². The zero-order valence-electron chi connectivity index (χ0n) is 21.1. The molecule has 3 atom stereocenters. The van der Waals surface area contributed by atoms with Crippen LogP contribution in [-0.4, -0.2) is 70.2 Å². The summed E-state index contributed by atoms with van der Waals surface area (Å²) in [5.41, 5.74) is 0.876. The molecule has 0 aliphatic carbocycles. The first-order valence-corrected chi connectivity index (χ1v) is 11.4. The Morgan fingerprint density at radius 1 is 1.15 bits per heavy atom. The Kier molecular flexibility index (Phi) is 8.17. The van der Waals surface area contributed by atoms with E-state index >= 15 is 0 Å². The van der Waals surface area contributed by atoms with Gasteiger partial charge in [0.25, 0.3) is 0 Å². The maximum Gasteiger partial charge on any atom is 0.410 e. The van der Waals surface area contributed by atoms with Crippen LogP contribution in [0.2, 0.25) is 0 Å². The van der Waals surface area contributed by atoms with Crippen molar-refractivity contribution in [2.45, 2.75) is 85.2 Å². The molecule has 0 spiro atoms. The van der Waals surface area contributed by atoms with Gasteiger partial charge >= 0.3 is 6.09 Å². The Morgan fingerprint density at radius 2 is 1.73 bits per heavy atom. The number of benzene rings is 1. The van der Waals surface area contributed by atoms with Crippen molar-refractivity contribution >= 4 is 17.9 Å². The van der Waals surface area contributed by atoms with E-state index in [0.717, 1.165) is 11.1 Å². The van der Waals surface area contributed by atoms with Crippen LogP contribution in [0, 0.1) is 5.41 Å². The number of carbonyl (C=O) groups is 3. The van der Waals surface area contributed by atoms with Crippen LogP contribution >= 0.6 is 0 Å². The molecule has 8 heteroatoms. The second-order valence-electron chi connectivity index (χ2n) is 10.9. The zero-order chi connectivity index (χ0) is 25.1. The molecule has 0 bridgehead atoms. The number of aliphatic hydroxyl groups excluding tert-OH is 1. The van der Waals surface area contributed by atoms with Crippen molar-refractivity contribution in [1.82, 2.24) is 15.1 Å². The number of aliphatic hydroxyl groups is 1. The van der Waals surface area contributed by atoms with Gasteiger partial charge in [-0.15, -0.1) is 0 Å². The predicted octanol–water partition coefficient (Wildman–Crippen LogP) is 2.72. The number of amides is 3. The Bertz CT molecular complexity index is 872. The monoisotopic (exact) mass is 461 g/mol. The number of ether oxygens (including phenoxy) is 1. The van der Waals surface area contributed by atoms with Gasteiger partial charge in [-0.3, -0.25) is 14.5 Å². The second-order valence-corrected chi connectivity index (χ2v) is 10.9. The van der Waals surface area contributed by atoms with E-state index in [9.17, 15) is 19.5 Å². The van der Waals surface area contributed by atoms with Gasteiger partial charge in [-0.1, -0.05) is 45.0 Å². The number of fused-ring (bicyclic) bond motifs is 1. The third-order valence-electron chi connectivity index (χ3n) is 5.89. The van der Waals surface area contributed by atoms with Crippen LogP contribution in [0.1, 0.15) is 59.6 Å². The molecule has 1 aliphatic rings. The number of likely N-dealkylation sites (N-methyl/N-ethyl adjacent to an activating group) is 1. The van der Waals surface area contributed by atoms with Crippen molar-refractivity contribution in [2.75, 3.05) is 13.7 Å². The summed E-state index contributed by atoms with van der Waals surface area (Å²) in [6, 6.07) is 5.83. The number of hydrogen-bond acceptors (Lipinski definition) is 5. The molecule has 0 aromatic heterocycles. The lowest BCUT2D eigenvalue weighted by atomic mass is 9.84. The summed E-state index contributed by atoms with van der Waals surface area (Å²) in [6.45, 7) is 12.7. The smallest absolute Gasteiger partial charge is 0.410 e. The molecule has 1 heterocycles. The number of rotatable bonds is 5. The minimum atomic E-state index is -0.840. The van der Waals surface area contributed by atoms with E-state index in [1.165, 1.54) is 11.9 Å². The normalized spacial score (nSPS) is 18.1. The average molecular weight is 462 g/mol. The summed E-state index contributed by atoms with van der Waals surface area (Å²) >= 11 is 0. The third kappa shape index (κ3) is 6.69. The molecular weight excluding hydrogens is 422 g/mol. The van der Waals surface area contributed by atoms with Gasteiger partial charge in [0, 0.05) is 13.6 Å². The first-order valence-electron chi connectivity index (χ1n) is 11.4. The standard InChI is InChI=1S/C25H39N3O5/c1-16(27(8)23(32)33-25(5,6)7)21(30)26-20(24(2,3)4)22(31)28-14-18-12-10-9-11-17(18)13-19(28)15-29/h9-12,16,19-20,29H,13-15H2,1-8H3,(H,26,30)/t16-,19-,20+/m0/s1. The van der Waals surface area contributed by atoms with Crippen LogP contribution in [0.15, 0.2) is 24.3 Å². The Balaban J connectivity index is 2.21. The average Bonchev–Trinajstić information content (AvgIpc) is 2.72. The highest BCUT2D eigenvalue weighted by Gasteiger charge is 2.40. The quantitative estimate of drug-likeness (QED) is 0.702. The Hall–Kier alpha value is -2.61. The van der Waals surface area contributed by atoms with Gasteiger partial charge < -0.3 is 20.1 Å². The second kappa shape index (κ2) is 10.1. The molecule has 0 radical (unpaired) electrons. The molecule has 0 unspecified atom stereocenters. The van der Waals surface area contributed by atoms with Crippen molar-refractivity contribution in [1.29, 1.82) is 0 Å². The van der Waals surface area contributed by atoms with Crippen LogP contribution in [0.3, 0.4) is 0 Å².